The van der Waals surface area contributed by atoms with Gasteiger partial charge in [-0.1, -0.05) is 0 Å². The molecule has 4 nitrogen and oxygen atoms in total. The molecule has 0 bridgehead atoms. The van der Waals surface area contributed by atoms with Gasteiger partial charge in [-0.2, -0.15) is 0 Å². The lowest BCUT2D eigenvalue weighted by molar-refractivity contribution is 0.0643. The van der Waals surface area contributed by atoms with Gasteiger partial charge >= 0.3 is 0 Å². The van der Waals surface area contributed by atoms with Crippen molar-refractivity contribution in [3.05, 3.63) is 26.6 Å². The Kier molecular flexibility index (Phi) is 8.65. The normalized spacial score (nSPS) is 10.7. The number of aliphatic hydroxyl groups is 1. The fraction of sp³-hybridized carbons (Fsp3) is 0.538. The van der Waals surface area contributed by atoms with E-state index in [0.717, 1.165) is 26.7 Å². The van der Waals surface area contributed by atoms with Crippen molar-refractivity contribution in [3.63, 3.8) is 0 Å². The van der Waals surface area contributed by atoms with E-state index in [-0.39, 0.29) is 6.61 Å². The van der Waals surface area contributed by atoms with E-state index in [1.807, 2.05) is 12.1 Å². The van der Waals surface area contributed by atoms with Gasteiger partial charge in [-0.15, -0.1) is 0 Å². The van der Waals surface area contributed by atoms with Crippen molar-refractivity contribution in [3.8, 4) is 5.75 Å². The summed E-state index contributed by atoms with van der Waals surface area (Å²) in [6.07, 6.45) is 0.810. The Morgan fingerprint density at radius 3 is 2.32 bits per heavy atom. The van der Waals surface area contributed by atoms with Gasteiger partial charge in [0.1, 0.15) is 5.75 Å². The molecule has 0 radical (unpaired) electrons. The minimum atomic E-state index is 0.00478. The molecule has 0 saturated carbocycles. The number of hydrogen-bond acceptors (Lipinski definition) is 4. The Morgan fingerprint density at radius 1 is 1.05 bits per heavy atom. The van der Waals surface area contributed by atoms with Crippen molar-refractivity contribution in [1.82, 2.24) is 0 Å². The number of aliphatic hydroxyl groups excluding tert-OH is 1. The quantitative estimate of drug-likeness (QED) is 0.650. The van der Waals surface area contributed by atoms with Gasteiger partial charge in [0.25, 0.3) is 0 Å². The van der Waals surface area contributed by atoms with Crippen LogP contribution in [-0.2, 0) is 16.1 Å². The second-order valence-electron chi connectivity index (χ2n) is 3.85. The first kappa shape index (κ1) is 16.9. The van der Waals surface area contributed by atoms with E-state index in [1.54, 1.807) is 7.11 Å². The maximum absolute atomic E-state index is 9.09. The van der Waals surface area contributed by atoms with Gasteiger partial charge in [-0.05, 0) is 49.6 Å². The first-order chi connectivity index (χ1) is 9.19. The molecular weight excluding hydrogens is 380 g/mol. The highest BCUT2D eigenvalue weighted by Crippen LogP contribution is 2.34. The van der Waals surface area contributed by atoms with E-state index in [9.17, 15) is 0 Å². The average Bonchev–Trinajstić information content (AvgIpc) is 2.40. The molecule has 1 N–H and O–H groups in total. The van der Waals surface area contributed by atoms with Crippen molar-refractivity contribution >= 4 is 31.9 Å². The van der Waals surface area contributed by atoms with Crippen molar-refractivity contribution in [1.29, 1.82) is 0 Å². The zero-order valence-electron chi connectivity index (χ0n) is 10.8. The van der Waals surface area contributed by atoms with Crippen LogP contribution in [0.1, 0.15) is 12.0 Å². The van der Waals surface area contributed by atoms with Gasteiger partial charge in [0.2, 0.25) is 0 Å². The number of halogens is 2. The maximum atomic E-state index is 9.09. The number of hydrogen-bond donors (Lipinski definition) is 1. The highest BCUT2D eigenvalue weighted by atomic mass is 79.9. The third-order valence-electron chi connectivity index (χ3n) is 2.35. The fourth-order valence-corrected chi connectivity index (χ4v) is 2.93. The predicted octanol–water partition coefficient (Wildman–Crippen LogP) is 3.14. The lowest BCUT2D eigenvalue weighted by atomic mass is 10.2. The summed E-state index contributed by atoms with van der Waals surface area (Å²) in [7, 11) is 1.65. The molecule has 1 aromatic rings. The van der Waals surface area contributed by atoms with Crippen LogP contribution in [-0.4, -0.2) is 38.6 Å². The van der Waals surface area contributed by atoms with Crippen LogP contribution in [0.15, 0.2) is 21.1 Å². The largest absolute Gasteiger partial charge is 0.491 e. The van der Waals surface area contributed by atoms with Gasteiger partial charge in [-0.3, -0.25) is 0 Å². The maximum Gasteiger partial charge on any atom is 0.147 e. The van der Waals surface area contributed by atoms with Crippen LogP contribution in [0.2, 0.25) is 0 Å². The smallest absolute Gasteiger partial charge is 0.147 e. The first-order valence-electron chi connectivity index (χ1n) is 5.97. The molecule has 0 amide bonds. The number of methoxy groups -OCH3 is 1. The SMILES string of the molecule is COCCOCCCOc1c(Br)cc(CO)cc1Br. The third-order valence-corrected chi connectivity index (χ3v) is 3.53. The topological polar surface area (TPSA) is 47.9 Å². The average molecular weight is 398 g/mol. The summed E-state index contributed by atoms with van der Waals surface area (Å²) in [5.74, 6) is 0.745. The second kappa shape index (κ2) is 9.72. The molecule has 0 aliphatic heterocycles. The molecule has 0 aliphatic rings. The summed E-state index contributed by atoms with van der Waals surface area (Å²) in [5.41, 5.74) is 0.828. The minimum Gasteiger partial charge on any atom is -0.491 e. The molecule has 0 spiro atoms. The Hall–Kier alpha value is -0.140. The van der Waals surface area contributed by atoms with Crippen LogP contribution in [0.25, 0.3) is 0 Å². The van der Waals surface area contributed by atoms with Crippen LogP contribution in [0.3, 0.4) is 0 Å². The molecule has 6 heteroatoms. The van der Waals surface area contributed by atoms with E-state index in [4.69, 9.17) is 19.3 Å². The van der Waals surface area contributed by atoms with Crippen molar-refractivity contribution in [2.45, 2.75) is 13.0 Å². The van der Waals surface area contributed by atoms with Crippen molar-refractivity contribution < 1.29 is 19.3 Å². The van der Waals surface area contributed by atoms with Gasteiger partial charge in [0.15, 0.2) is 0 Å². The van der Waals surface area contributed by atoms with Gasteiger partial charge in [0.05, 0.1) is 35.4 Å². The van der Waals surface area contributed by atoms with Crippen LogP contribution in [0.5, 0.6) is 5.75 Å². The summed E-state index contributed by atoms with van der Waals surface area (Å²) in [6.45, 7) is 2.44. The molecule has 0 unspecified atom stereocenters. The Balaban J connectivity index is 2.33. The lowest BCUT2D eigenvalue weighted by Gasteiger charge is -2.11. The second-order valence-corrected chi connectivity index (χ2v) is 5.56. The first-order valence-corrected chi connectivity index (χ1v) is 7.56. The highest BCUT2D eigenvalue weighted by molar-refractivity contribution is 9.11. The Bertz CT molecular complexity index is 362. The van der Waals surface area contributed by atoms with Gasteiger partial charge in [0, 0.05) is 20.1 Å². The fourth-order valence-electron chi connectivity index (χ4n) is 1.42. The monoisotopic (exact) mass is 396 g/mol. The zero-order valence-corrected chi connectivity index (χ0v) is 14.0. The zero-order chi connectivity index (χ0) is 14.1. The van der Waals surface area contributed by atoms with E-state index < -0.39 is 0 Å². The third kappa shape index (κ3) is 6.23. The molecule has 1 aromatic carbocycles. The Morgan fingerprint density at radius 2 is 1.74 bits per heavy atom. The number of rotatable bonds is 9. The molecule has 0 saturated heterocycles. The van der Waals surface area contributed by atoms with Crippen molar-refractivity contribution in [2.24, 2.45) is 0 Å². The summed E-state index contributed by atoms with van der Waals surface area (Å²) in [5, 5.41) is 9.09. The molecule has 0 atom stereocenters. The van der Waals surface area contributed by atoms with E-state index in [2.05, 4.69) is 31.9 Å². The van der Waals surface area contributed by atoms with Crippen LogP contribution in [0.4, 0.5) is 0 Å². The highest BCUT2D eigenvalue weighted by Gasteiger charge is 2.08. The molecule has 108 valence electrons. The summed E-state index contributed by atoms with van der Waals surface area (Å²) in [4.78, 5) is 0. The summed E-state index contributed by atoms with van der Waals surface area (Å²) >= 11 is 6.86. The summed E-state index contributed by atoms with van der Waals surface area (Å²) < 4.78 is 17.6. The van der Waals surface area contributed by atoms with Crippen molar-refractivity contribution in [2.75, 3.05) is 33.5 Å². The molecule has 0 aliphatic carbocycles. The van der Waals surface area contributed by atoms with E-state index >= 15 is 0 Å². The van der Waals surface area contributed by atoms with E-state index in [0.29, 0.717) is 26.4 Å². The van der Waals surface area contributed by atoms with E-state index in [1.165, 1.54) is 0 Å². The van der Waals surface area contributed by atoms with Crippen LogP contribution < -0.4 is 4.74 Å². The minimum absolute atomic E-state index is 0.00478. The standard InChI is InChI=1S/C13H18Br2O4/c1-17-5-6-18-3-2-4-19-13-11(14)7-10(9-16)8-12(13)15/h7-8,16H,2-6,9H2,1H3. The lowest BCUT2D eigenvalue weighted by Crippen LogP contribution is -2.07. The Labute approximate surface area is 130 Å². The summed E-state index contributed by atoms with van der Waals surface area (Å²) in [6, 6.07) is 3.68. The molecule has 0 heterocycles. The number of ether oxygens (including phenoxy) is 3. The van der Waals surface area contributed by atoms with Crippen LogP contribution in [0, 0.1) is 0 Å². The van der Waals surface area contributed by atoms with Gasteiger partial charge < -0.3 is 19.3 Å². The molecular formula is C13H18Br2O4. The molecule has 0 fully saturated rings. The van der Waals surface area contributed by atoms with Crippen LogP contribution >= 0.6 is 31.9 Å². The molecule has 19 heavy (non-hydrogen) atoms. The predicted molar refractivity (Wildman–Crippen MR) is 80.6 cm³/mol. The van der Waals surface area contributed by atoms with Gasteiger partial charge in [-0.25, -0.2) is 0 Å². The number of benzene rings is 1. The molecule has 0 aromatic heterocycles. The molecule has 1 rings (SSSR count).